The molecule has 1 aliphatic carbocycles. The molecule has 43 heavy (non-hydrogen) atoms. The number of carbonyl (C=O) groups is 1. The first-order chi connectivity index (χ1) is 21.0. The van der Waals surface area contributed by atoms with Crippen LogP contribution in [0.15, 0.2) is 60.7 Å². The molecule has 0 N–H and O–H groups in total. The van der Waals surface area contributed by atoms with E-state index in [0.717, 1.165) is 49.5 Å². The first-order valence-electron chi connectivity index (χ1n) is 16.0. The van der Waals surface area contributed by atoms with Crippen LogP contribution in [0.25, 0.3) is 11.1 Å². The lowest BCUT2D eigenvalue weighted by molar-refractivity contribution is 0.0734. The molecule has 6 heteroatoms. The summed E-state index contributed by atoms with van der Waals surface area (Å²) >= 11 is 0. The van der Waals surface area contributed by atoms with Crippen molar-refractivity contribution in [3.05, 3.63) is 77.4 Å². The molecule has 1 fully saturated rings. The van der Waals surface area contributed by atoms with E-state index >= 15 is 0 Å². The third kappa shape index (κ3) is 8.39. The fourth-order valence-corrected chi connectivity index (χ4v) is 5.65. The third-order valence-electron chi connectivity index (χ3n) is 8.34. The molecule has 1 aliphatic heterocycles. The summed E-state index contributed by atoms with van der Waals surface area (Å²) in [5.74, 6) is 1.80. The molecule has 3 aromatic rings. The highest BCUT2D eigenvalue weighted by molar-refractivity contribution is 5.91. The number of ether oxygens (including phenoxy) is 5. The number of esters is 1. The van der Waals surface area contributed by atoms with Gasteiger partial charge in [0.15, 0.2) is 0 Å². The normalized spacial score (nSPS) is 15.9. The van der Waals surface area contributed by atoms with Gasteiger partial charge in [-0.3, -0.25) is 0 Å². The summed E-state index contributed by atoms with van der Waals surface area (Å²) in [6.07, 6.45) is 9.64. The summed E-state index contributed by atoms with van der Waals surface area (Å²) in [7, 11) is 0. The van der Waals surface area contributed by atoms with Crippen molar-refractivity contribution in [1.82, 2.24) is 0 Å². The summed E-state index contributed by atoms with van der Waals surface area (Å²) in [6.45, 7) is 10.3. The second-order valence-electron chi connectivity index (χ2n) is 12.2. The number of unbranched alkanes of at least 4 members (excludes halogenated alkanes) is 6. The molecule has 5 rings (SSSR count). The van der Waals surface area contributed by atoms with Crippen LogP contribution in [0.4, 0.5) is 0 Å². The van der Waals surface area contributed by atoms with Gasteiger partial charge in [-0.25, -0.2) is 4.79 Å². The van der Waals surface area contributed by atoms with Gasteiger partial charge in [0.1, 0.15) is 23.4 Å². The lowest BCUT2D eigenvalue weighted by Gasteiger charge is -2.22. The molecule has 1 unspecified atom stereocenters. The minimum absolute atomic E-state index is 0.233. The maximum atomic E-state index is 13.0. The molecule has 0 bridgehead atoms. The molecule has 1 atom stereocenters. The van der Waals surface area contributed by atoms with Gasteiger partial charge in [0.05, 0.1) is 32.0 Å². The molecule has 3 aromatic carbocycles. The van der Waals surface area contributed by atoms with Gasteiger partial charge in [0.25, 0.3) is 0 Å². The van der Waals surface area contributed by atoms with Crippen LogP contribution < -0.4 is 14.2 Å². The molecule has 0 saturated carbocycles. The van der Waals surface area contributed by atoms with Crippen LogP contribution in [-0.4, -0.2) is 45.1 Å². The topological polar surface area (TPSA) is 66.5 Å². The molecule has 1 saturated heterocycles. The summed E-state index contributed by atoms with van der Waals surface area (Å²) in [4.78, 5) is 13.0. The van der Waals surface area contributed by atoms with Crippen molar-refractivity contribution in [2.75, 3.05) is 33.0 Å². The van der Waals surface area contributed by atoms with Gasteiger partial charge in [-0.2, -0.15) is 0 Å². The lowest BCUT2D eigenvalue weighted by Crippen LogP contribution is -2.16. The number of rotatable bonds is 18. The second-order valence-corrected chi connectivity index (χ2v) is 12.2. The fourth-order valence-electron chi connectivity index (χ4n) is 5.65. The van der Waals surface area contributed by atoms with Crippen molar-refractivity contribution in [2.24, 2.45) is 0 Å². The molecule has 2 aliphatic rings. The van der Waals surface area contributed by atoms with E-state index in [1.807, 2.05) is 24.3 Å². The number of fused-ring (bicyclic) bond motifs is 3. The van der Waals surface area contributed by atoms with E-state index in [4.69, 9.17) is 23.7 Å². The Labute approximate surface area is 256 Å². The van der Waals surface area contributed by atoms with Crippen LogP contribution in [0, 0.1) is 0 Å². The first kappa shape index (κ1) is 31.1. The van der Waals surface area contributed by atoms with Gasteiger partial charge in [0, 0.05) is 12.0 Å². The van der Waals surface area contributed by atoms with E-state index < -0.39 is 0 Å². The molecule has 0 aromatic heterocycles. The Hall–Kier alpha value is -3.35. The Morgan fingerprint density at radius 3 is 2.00 bits per heavy atom. The lowest BCUT2D eigenvalue weighted by atomic mass is 9.82. The number of hydrogen-bond donors (Lipinski definition) is 0. The fraction of sp³-hybridized carbons (Fsp3) is 0.486. The van der Waals surface area contributed by atoms with Crippen molar-refractivity contribution in [3.8, 4) is 28.4 Å². The van der Waals surface area contributed by atoms with Crippen LogP contribution in [0.1, 0.15) is 93.6 Å². The zero-order valence-corrected chi connectivity index (χ0v) is 26.0. The zero-order chi connectivity index (χ0) is 30.1. The number of epoxide rings is 1. The van der Waals surface area contributed by atoms with Gasteiger partial charge in [-0.1, -0.05) is 65.0 Å². The van der Waals surface area contributed by atoms with Crippen molar-refractivity contribution in [1.29, 1.82) is 0 Å². The highest BCUT2D eigenvalue weighted by Crippen LogP contribution is 2.50. The first-order valence-corrected chi connectivity index (χ1v) is 16.0. The predicted molar refractivity (Wildman–Crippen MR) is 170 cm³/mol. The SMILES string of the molecule is CCCCCCCCOc1ccc2c(c1)C(C)(C)c1cc(OC(=O)c3ccc(OCCCCOCC4CO4)cc3)ccc1-2. The molecule has 0 spiro atoms. The molecule has 6 nitrogen and oxygen atoms in total. The summed E-state index contributed by atoms with van der Waals surface area (Å²) < 4.78 is 28.4. The van der Waals surface area contributed by atoms with Gasteiger partial charge in [-0.15, -0.1) is 0 Å². The zero-order valence-electron chi connectivity index (χ0n) is 26.0. The van der Waals surface area contributed by atoms with Crippen molar-refractivity contribution >= 4 is 5.97 Å². The third-order valence-corrected chi connectivity index (χ3v) is 8.34. The second kappa shape index (κ2) is 14.9. The number of carbonyl (C=O) groups excluding carboxylic acids is 1. The molecule has 0 amide bonds. The molecule has 1 heterocycles. The highest BCUT2D eigenvalue weighted by atomic mass is 16.6. The van der Waals surface area contributed by atoms with Gasteiger partial charge >= 0.3 is 5.97 Å². The van der Waals surface area contributed by atoms with Crippen LogP contribution >= 0.6 is 0 Å². The summed E-state index contributed by atoms with van der Waals surface area (Å²) in [5, 5.41) is 0. The standard InChI is InChI=1S/C37H46O6/c1-4-5-6-7-8-9-21-41-29-16-18-32-33-19-17-30(24-35(33)37(2,3)34(32)23-29)43-36(38)27-12-14-28(15-13-27)40-22-11-10-20-39-25-31-26-42-31/h12-19,23-24,31H,4-11,20-22,25-26H2,1-3H3. The highest BCUT2D eigenvalue weighted by Gasteiger charge is 2.36. The average molecular weight is 587 g/mol. The van der Waals surface area contributed by atoms with E-state index in [-0.39, 0.29) is 11.4 Å². The number of hydrogen-bond acceptors (Lipinski definition) is 6. The smallest absolute Gasteiger partial charge is 0.343 e. The maximum absolute atomic E-state index is 13.0. The average Bonchev–Trinajstić information content (AvgIpc) is 3.81. The largest absolute Gasteiger partial charge is 0.494 e. The Balaban J connectivity index is 1.11. The van der Waals surface area contributed by atoms with Gasteiger partial charge in [-0.05, 0) is 90.0 Å². The van der Waals surface area contributed by atoms with Crippen LogP contribution in [0.2, 0.25) is 0 Å². The van der Waals surface area contributed by atoms with Crippen LogP contribution in [-0.2, 0) is 14.9 Å². The Morgan fingerprint density at radius 2 is 1.30 bits per heavy atom. The van der Waals surface area contributed by atoms with Gasteiger partial charge < -0.3 is 23.7 Å². The maximum Gasteiger partial charge on any atom is 0.343 e. The predicted octanol–water partition coefficient (Wildman–Crippen LogP) is 8.53. The Kier molecular flexibility index (Phi) is 10.8. The molecular weight excluding hydrogens is 540 g/mol. The minimum atomic E-state index is -0.387. The Morgan fingerprint density at radius 1 is 0.744 bits per heavy atom. The van der Waals surface area contributed by atoms with E-state index in [0.29, 0.717) is 37.2 Å². The summed E-state index contributed by atoms with van der Waals surface area (Å²) in [5.41, 5.74) is 5.02. The number of benzene rings is 3. The van der Waals surface area contributed by atoms with E-state index in [1.54, 1.807) is 12.1 Å². The van der Waals surface area contributed by atoms with E-state index in [2.05, 4.69) is 45.0 Å². The van der Waals surface area contributed by atoms with Crippen molar-refractivity contribution in [3.63, 3.8) is 0 Å². The van der Waals surface area contributed by atoms with Crippen molar-refractivity contribution < 1.29 is 28.5 Å². The molecule has 0 radical (unpaired) electrons. The van der Waals surface area contributed by atoms with E-state index in [1.165, 1.54) is 48.8 Å². The van der Waals surface area contributed by atoms with Crippen LogP contribution in [0.3, 0.4) is 0 Å². The van der Waals surface area contributed by atoms with Crippen molar-refractivity contribution in [2.45, 2.75) is 83.7 Å². The molecular formula is C37H46O6. The summed E-state index contributed by atoms with van der Waals surface area (Å²) in [6, 6.07) is 19.5. The molecule has 230 valence electrons. The quantitative estimate of drug-likeness (QED) is 0.0644. The Bertz CT molecular complexity index is 1340. The van der Waals surface area contributed by atoms with Gasteiger partial charge in [0.2, 0.25) is 0 Å². The van der Waals surface area contributed by atoms with Crippen LogP contribution in [0.5, 0.6) is 17.2 Å². The van der Waals surface area contributed by atoms with E-state index in [9.17, 15) is 4.79 Å². The monoisotopic (exact) mass is 586 g/mol. The minimum Gasteiger partial charge on any atom is -0.494 e.